The van der Waals surface area contributed by atoms with Crippen LogP contribution >= 0.6 is 11.3 Å². The van der Waals surface area contributed by atoms with Crippen LogP contribution in [0.3, 0.4) is 0 Å². The van der Waals surface area contributed by atoms with E-state index in [2.05, 4.69) is 4.40 Å². The van der Waals surface area contributed by atoms with Crippen LogP contribution in [-0.2, 0) is 26.1 Å². The number of para-hydroxylation sites is 1. The second-order valence-corrected chi connectivity index (χ2v) is 8.35. The summed E-state index contributed by atoms with van der Waals surface area (Å²) in [6.45, 7) is 3.33. The average molecular weight is 408 g/mol. The van der Waals surface area contributed by atoms with Crippen molar-refractivity contribution in [2.45, 2.75) is 25.3 Å². The Morgan fingerprint density at radius 3 is 2.59 bits per heavy atom. The van der Waals surface area contributed by atoms with Gasteiger partial charge < -0.3 is 9.30 Å². The molecule has 0 saturated heterocycles. The first-order valence-electron chi connectivity index (χ1n) is 8.13. The van der Waals surface area contributed by atoms with Crippen molar-refractivity contribution in [2.75, 3.05) is 6.61 Å². The Bertz CT molecular complexity index is 1160. The van der Waals surface area contributed by atoms with Gasteiger partial charge in [-0.15, -0.1) is 4.40 Å². The van der Waals surface area contributed by atoms with Crippen molar-refractivity contribution >= 4 is 37.5 Å². The zero-order chi connectivity index (χ0) is 19.6. The van der Waals surface area contributed by atoms with Gasteiger partial charge in [0, 0.05) is 0 Å². The molecule has 0 aliphatic heterocycles. The molecule has 1 heterocycles. The zero-order valence-electron chi connectivity index (χ0n) is 14.7. The first-order valence-corrected chi connectivity index (χ1v) is 10.4. The number of aromatic nitrogens is 1. The highest BCUT2D eigenvalue weighted by atomic mass is 32.2. The number of hydrogen-bond donors (Lipinski definition) is 0. The lowest BCUT2D eigenvalue weighted by Crippen LogP contribution is -2.23. The molecule has 3 aromatic rings. The van der Waals surface area contributed by atoms with Crippen LogP contribution in [0.15, 0.2) is 51.8 Å². The molecule has 0 radical (unpaired) electrons. The van der Waals surface area contributed by atoms with Crippen LogP contribution in [0.4, 0.5) is 4.39 Å². The highest BCUT2D eigenvalue weighted by molar-refractivity contribution is 7.90. The van der Waals surface area contributed by atoms with Crippen LogP contribution in [0.5, 0.6) is 0 Å². The molecule has 1 aromatic heterocycles. The first-order chi connectivity index (χ1) is 12.8. The minimum absolute atomic E-state index is 0.00345. The Morgan fingerprint density at radius 1 is 1.22 bits per heavy atom. The number of halogens is 1. The van der Waals surface area contributed by atoms with Crippen molar-refractivity contribution in [3.05, 3.63) is 58.6 Å². The fourth-order valence-electron chi connectivity index (χ4n) is 2.51. The van der Waals surface area contributed by atoms with Crippen molar-refractivity contribution in [1.29, 1.82) is 0 Å². The van der Waals surface area contributed by atoms with Crippen molar-refractivity contribution in [3.8, 4) is 0 Å². The molecular weight excluding hydrogens is 391 g/mol. The maximum atomic E-state index is 14.3. The van der Waals surface area contributed by atoms with Crippen molar-refractivity contribution < 1.29 is 22.3 Å². The van der Waals surface area contributed by atoms with E-state index in [1.165, 1.54) is 28.8 Å². The SMILES string of the molecule is CCOC(=O)Cn1c(=NS(=O)(=O)c2ccc(C)cc2)sc2cccc(F)c21. The number of fused-ring (bicyclic) bond motifs is 1. The average Bonchev–Trinajstić information content (AvgIpc) is 2.93. The highest BCUT2D eigenvalue weighted by Gasteiger charge is 2.18. The van der Waals surface area contributed by atoms with E-state index in [4.69, 9.17) is 4.74 Å². The number of carbonyl (C=O) groups excluding carboxylic acids is 1. The normalized spacial score (nSPS) is 12.5. The van der Waals surface area contributed by atoms with E-state index in [9.17, 15) is 17.6 Å². The number of carbonyl (C=O) groups is 1. The van der Waals surface area contributed by atoms with E-state index in [1.807, 2.05) is 6.92 Å². The van der Waals surface area contributed by atoms with Crippen LogP contribution in [0.25, 0.3) is 10.2 Å². The molecule has 0 aliphatic carbocycles. The summed E-state index contributed by atoms with van der Waals surface area (Å²) in [6, 6.07) is 10.6. The van der Waals surface area contributed by atoms with Crippen molar-refractivity contribution in [1.82, 2.24) is 4.57 Å². The van der Waals surface area contributed by atoms with Gasteiger partial charge >= 0.3 is 5.97 Å². The largest absolute Gasteiger partial charge is 0.465 e. The Labute approximate surface area is 159 Å². The smallest absolute Gasteiger partial charge is 0.326 e. The van der Waals surface area contributed by atoms with Gasteiger partial charge in [-0.3, -0.25) is 4.79 Å². The topological polar surface area (TPSA) is 77.7 Å². The van der Waals surface area contributed by atoms with Crippen LogP contribution in [0, 0.1) is 12.7 Å². The first kappa shape index (κ1) is 19.2. The molecule has 0 unspecified atom stereocenters. The number of nitrogens with zero attached hydrogens (tertiary/aromatic N) is 2. The molecule has 0 amide bonds. The summed E-state index contributed by atoms with van der Waals surface area (Å²) >= 11 is 0.992. The highest BCUT2D eigenvalue weighted by Crippen LogP contribution is 2.21. The molecule has 0 spiro atoms. The van der Waals surface area contributed by atoms with Crippen LogP contribution in [0.2, 0.25) is 0 Å². The molecule has 142 valence electrons. The minimum atomic E-state index is -4.02. The molecule has 0 aliphatic rings. The van der Waals surface area contributed by atoms with E-state index in [1.54, 1.807) is 25.1 Å². The maximum absolute atomic E-state index is 14.3. The fraction of sp³-hybridized carbons (Fsp3) is 0.222. The molecule has 0 N–H and O–H groups in total. The maximum Gasteiger partial charge on any atom is 0.326 e. The predicted octanol–water partition coefficient (Wildman–Crippen LogP) is 3.00. The molecule has 0 fully saturated rings. The Hall–Kier alpha value is -2.52. The molecule has 0 bridgehead atoms. The zero-order valence-corrected chi connectivity index (χ0v) is 16.3. The minimum Gasteiger partial charge on any atom is -0.465 e. The summed E-state index contributed by atoms with van der Waals surface area (Å²) in [7, 11) is -4.02. The van der Waals surface area contributed by atoms with E-state index in [0.717, 1.165) is 16.9 Å². The number of aryl methyl sites for hydroxylation is 1. The lowest BCUT2D eigenvalue weighted by Gasteiger charge is -2.06. The van der Waals surface area contributed by atoms with Gasteiger partial charge in [0.05, 0.1) is 21.7 Å². The lowest BCUT2D eigenvalue weighted by atomic mass is 10.2. The number of ether oxygens (including phenoxy) is 1. The monoisotopic (exact) mass is 408 g/mol. The number of rotatable bonds is 5. The molecule has 27 heavy (non-hydrogen) atoms. The van der Waals surface area contributed by atoms with Crippen molar-refractivity contribution in [2.24, 2.45) is 4.40 Å². The van der Waals surface area contributed by atoms with Gasteiger partial charge in [0.1, 0.15) is 12.4 Å². The standard InChI is InChI=1S/C18H17FN2O4S2/c1-3-25-16(22)11-21-17-14(19)5-4-6-15(17)26-18(21)20-27(23,24)13-9-7-12(2)8-10-13/h4-10H,3,11H2,1-2H3. The fourth-order valence-corrected chi connectivity index (χ4v) is 4.75. The van der Waals surface area contributed by atoms with Gasteiger partial charge in [-0.25, -0.2) is 4.39 Å². The summed E-state index contributed by atoms with van der Waals surface area (Å²) in [5, 5.41) is 0. The third kappa shape index (κ3) is 4.09. The van der Waals surface area contributed by atoms with Crippen LogP contribution in [-0.4, -0.2) is 25.6 Å². The number of benzene rings is 2. The van der Waals surface area contributed by atoms with Gasteiger partial charge in [-0.05, 0) is 38.1 Å². The third-order valence-corrected chi connectivity index (χ3v) is 6.20. The Balaban J connectivity index is 2.20. The molecule has 0 atom stereocenters. The molecule has 9 heteroatoms. The van der Waals surface area contributed by atoms with E-state index < -0.39 is 21.8 Å². The van der Waals surface area contributed by atoms with Gasteiger partial charge in [-0.1, -0.05) is 35.1 Å². The van der Waals surface area contributed by atoms with Crippen LogP contribution < -0.4 is 4.80 Å². The van der Waals surface area contributed by atoms with E-state index in [-0.39, 0.29) is 28.4 Å². The Kier molecular flexibility index (Phi) is 5.43. The number of hydrogen-bond acceptors (Lipinski definition) is 5. The van der Waals surface area contributed by atoms with Gasteiger partial charge in [0.2, 0.25) is 4.80 Å². The number of thiazole rings is 1. The van der Waals surface area contributed by atoms with E-state index >= 15 is 0 Å². The molecular formula is C18H17FN2O4S2. The van der Waals surface area contributed by atoms with Gasteiger partial charge in [0.25, 0.3) is 10.0 Å². The summed E-state index contributed by atoms with van der Waals surface area (Å²) < 4.78 is 50.1. The number of sulfonamides is 1. The molecule has 0 saturated carbocycles. The summed E-state index contributed by atoms with van der Waals surface area (Å²) in [5.74, 6) is -1.17. The summed E-state index contributed by atoms with van der Waals surface area (Å²) in [5.41, 5.74) is 1.03. The number of esters is 1. The summed E-state index contributed by atoms with van der Waals surface area (Å²) in [6.07, 6.45) is 0. The molecule has 3 rings (SSSR count). The van der Waals surface area contributed by atoms with Gasteiger partial charge in [-0.2, -0.15) is 8.42 Å². The third-order valence-electron chi connectivity index (χ3n) is 3.76. The quantitative estimate of drug-likeness (QED) is 0.608. The second-order valence-electron chi connectivity index (χ2n) is 5.74. The van der Waals surface area contributed by atoms with Gasteiger partial charge in [0.15, 0.2) is 0 Å². The molecule has 6 nitrogen and oxygen atoms in total. The summed E-state index contributed by atoms with van der Waals surface area (Å²) in [4.78, 5) is 12.0. The lowest BCUT2D eigenvalue weighted by molar-refractivity contribution is -0.143. The second kappa shape index (κ2) is 7.61. The predicted molar refractivity (Wildman–Crippen MR) is 100 cm³/mol. The molecule has 2 aromatic carbocycles. The van der Waals surface area contributed by atoms with E-state index in [0.29, 0.717) is 4.70 Å². The Morgan fingerprint density at radius 2 is 1.93 bits per heavy atom. The van der Waals surface area contributed by atoms with Crippen molar-refractivity contribution in [3.63, 3.8) is 0 Å². The van der Waals surface area contributed by atoms with Crippen LogP contribution in [0.1, 0.15) is 12.5 Å².